The molecule has 6 heteroatoms. The third-order valence-corrected chi connectivity index (χ3v) is 6.13. The fourth-order valence-corrected chi connectivity index (χ4v) is 4.10. The van der Waals surface area contributed by atoms with E-state index in [2.05, 4.69) is 9.97 Å². The maximum atomic E-state index is 4.90. The largest absolute Gasteiger partial charge is 0.254 e. The molecule has 38 heavy (non-hydrogen) atoms. The Balaban J connectivity index is 1.48. The predicted octanol–water partition coefficient (Wildman–Crippen LogP) is 7.01. The highest BCUT2D eigenvalue weighted by atomic mass is 14.9. The number of aromatic nitrogens is 6. The fraction of sp³-hybridized carbons (Fsp3) is 0.0625. The quantitative estimate of drug-likeness (QED) is 0.258. The molecule has 0 fully saturated rings. The van der Waals surface area contributed by atoms with Crippen LogP contribution in [0.2, 0.25) is 0 Å². The Labute approximate surface area is 221 Å². The van der Waals surface area contributed by atoms with Crippen LogP contribution in [0.1, 0.15) is 11.1 Å². The Morgan fingerprint density at radius 1 is 0.395 bits per heavy atom. The van der Waals surface area contributed by atoms with Gasteiger partial charge in [-0.1, -0.05) is 54.6 Å². The number of pyridine rings is 4. The lowest BCUT2D eigenvalue weighted by Gasteiger charge is -2.10. The minimum atomic E-state index is 0.611. The predicted molar refractivity (Wildman–Crippen MR) is 150 cm³/mol. The molecule has 0 aliphatic rings. The highest BCUT2D eigenvalue weighted by Gasteiger charge is 2.14. The molecule has 0 N–H and O–H groups in total. The van der Waals surface area contributed by atoms with Gasteiger partial charge in [-0.2, -0.15) is 0 Å². The van der Waals surface area contributed by atoms with Crippen LogP contribution in [0.25, 0.3) is 56.9 Å². The first-order valence-electron chi connectivity index (χ1n) is 12.4. The Morgan fingerprint density at radius 3 is 1.32 bits per heavy atom. The summed E-state index contributed by atoms with van der Waals surface area (Å²) in [5.74, 6) is 0.611. The van der Waals surface area contributed by atoms with Gasteiger partial charge in [-0.3, -0.25) is 9.97 Å². The average Bonchev–Trinajstić information content (AvgIpc) is 2.98. The van der Waals surface area contributed by atoms with E-state index >= 15 is 0 Å². The van der Waals surface area contributed by atoms with Gasteiger partial charge in [0.2, 0.25) is 0 Å². The van der Waals surface area contributed by atoms with Crippen molar-refractivity contribution < 1.29 is 0 Å². The maximum Gasteiger partial charge on any atom is 0.160 e. The zero-order valence-corrected chi connectivity index (χ0v) is 21.1. The standard InChI is InChI=1S/C32H24N6/c1-21-14-16-24(33-19-21)26-10-6-12-28(35-26)30-18-31(38-32(37-30)23-8-4-3-5-9-23)29-13-7-11-27(36-29)25-17-15-22(2)20-34-25/h3-20H,1-2H3. The van der Waals surface area contributed by atoms with Crippen LogP contribution in [0.3, 0.4) is 0 Å². The summed E-state index contributed by atoms with van der Waals surface area (Å²) >= 11 is 0. The smallest absolute Gasteiger partial charge is 0.160 e. The number of hydrogen-bond donors (Lipinski definition) is 0. The monoisotopic (exact) mass is 492 g/mol. The summed E-state index contributed by atoms with van der Waals surface area (Å²) in [6.45, 7) is 4.04. The van der Waals surface area contributed by atoms with Gasteiger partial charge in [-0.25, -0.2) is 19.9 Å². The number of benzene rings is 1. The summed E-state index contributed by atoms with van der Waals surface area (Å²) in [7, 11) is 0. The lowest BCUT2D eigenvalue weighted by atomic mass is 10.1. The molecule has 0 unspecified atom stereocenters. The topological polar surface area (TPSA) is 77.3 Å². The van der Waals surface area contributed by atoms with Crippen molar-refractivity contribution in [1.82, 2.24) is 29.9 Å². The SMILES string of the molecule is Cc1ccc(-c2cccc(-c3cc(-c4cccc(-c5ccc(C)cn5)n4)nc(-c4ccccc4)n3)n2)nc1. The summed E-state index contributed by atoms with van der Waals surface area (Å²) in [4.78, 5) is 28.7. The highest BCUT2D eigenvalue weighted by Crippen LogP contribution is 2.28. The van der Waals surface area contributed by atoms with Gasteiger partial charge in [0.25, 0.3) is 0 Å². The first-order chi connectivity index (χ1) is 18.6. The molecule has 0 spiro atoms. The second-order valence-corrected chi connectivity index (χ2v) is 9.09. The van der Waals surface area contributed by atoms with Crippen LogP contribution in [0.15, 0.2) is 109 Å². The molecule has 6 rings (SSSR count). The van der Waals surface area contributed by atoms with E-state index < -0.39 is 0 Å². The van der Waals surface area contributed by atoms with E-state index in [4.69, 9.17) is 19.9 Å². The second-order valence-electron chi connectivity index (χ2n) is 9.09. The Hall–Kier alpha value is -5.10. The molecule has 6 aromatic rings. The molecule has 0 saturated heterocycles. The first-order valence-corrected chi connectivity index (χ1v) is 12.4. The molecule has 0 radical (unpaired) electrons. The minimum absolute atomic E-state index is 0.611. The Bertz CT molecular complexity index is 1610. The van der Waals surface area contributed by atoms with E-state index in [1.165, 1.54) is 0 Å². The number of aryl methyl sites for hydroxylation is 2. The Kier molecular flexibility index (Phi) is 6.20. The summed E-state index contributed by atoms with van der Waals surface area (Å²) in [5, 5.41) is 0. The molecule has 5 heterocycles. The summed E-state index contributed by atoms with van der Waals surface area (Å²) in [6.07, 6.45) is 3.70. The fourth-order valence-electron chi connectivity index (χ4n) is 4.10. The van der Waals surface area contributed by atoms with Crippen molar-refractivity contribution in [2.75, 3.05) is 0 Å². The molecule has 1 aromatic carbocycles. The third-order valence-electron chi connectivity index (χ3n) is 6.13. The van der Waals surface area contributed by atoms with Crippen molar-refractivity contribution in [3.8, 4) is 56.9 Å². The van der Waals surface area contributed by atoms with Crippen LogP contribution in [-0.2, 0) is 0 Å². The molecule has 6 nitrogen and oxygen atoms in total. The molecular weight excluding hydrogens is 468 g/mol. The first kappa shape index (κ1) is 23.3. The van der Waals surface area contributed by atoms with Crippen LogP contribution >= 0.6 is 0 Å². The molecule has 0 amide bonds. The lowest BCUT2D eigenvalue weighted by Crippen LogP contribution is -1.99. The van der Waals surface area contributed by atoms with E-state index in [9.17, 15) is 0 Å². The number of nitrogens with zero attached hydrogens (tertiary/aromatic N) is 6. The van der Waals surface area contributed by atoms with Crippen LogP contribution in [0.4, 0.5) is 0 Å². The van der Waals surface area contributed by atoms with Gasteiger partial charge in [0.15, 0.2) is 5.82 Å². The molecule has 0 aliphatic carbocycles. The number of hydrogen-bond acceptors (Lipinski definition) is 6. The van der Waals surface area contributed by atoms with Gasteiger partial charge in [-0.05, 0) is 67.4 Å². The van der Waals surface area contributed by atoms with Gasteiger partial charge in [0.1, 0.15) is 0 Å². The van der Waals surface area contributed by atoms with Crippen LogP contribution in [0.5, 0.6) is 0 Å². The molecular formula is C32H24N6. The van der Waals surface area contributed by atoms with E-state index in [0.717, 1.165) is 50.9 Å². The van der Waals surface area contributed by atoms with Gasteiger partial charge in [0, 0.05) is 18.0 Å². The van der Waals surface area contributed by atoms with Crippen molar-refractivity contribution in [3.63, 3.8) is 0 Å². The molecule has 0 saturated carbocycles. The maximum absolute atomic E-state index is 4.90. The van der Waals surface area contributed by atoms with Crippen molar-refractivity contribution >= 4 is 0 Å². The molecule has 0 bridgehead atoms. The summed E-state index contributed by atoms with van der Waals surface area (Å²) in [5.41, 5.74) is 9.23. The third kappa shape index (κ3) is 4.92. The van der Waals surface area contributed by atoms with E-state index in [-0.39, 0.29) is 0 Å². The van der Waals surface area contributed by atoms with Crippen molar-refractivity contribution in [1.29, 1.82) is 0 Å². The van der Waals surface area contributed by atoms with Gasteiger partial charge in [-0.15, -0.1) is 0 Å². The van der Waals surface area contributed by atoms with Gasteiger partial charge < -0.3 is 0 Å². The van der Waals surface area contributed by atoms with Crippen LogP contribution in [0, 0.1) is 13.8 Å². The molecule has 5 aromatic heterocycles. The van der Waals surface area contributed by atoms with E-state index in [1.807, 2.05) is 123 Å². The minimum Gasteiger partial charge on any atom is -0.254 e. The normalized spacial score (nSPS) is 10.9. The zero-order valence-electron chi connectivity index (χ0n) is 21.1. The van der Waals surface area contributed by atoms with Gasteiger partial charge in [0.05, 0.1) is 45.6 Å². The van der Waals surface area contributed by atoms with Gasteiger partial charge >= 0.3 is 0 Å². The van der Waals surface area contributed by atoms with E-state index in [0.29, 0.717) is 17.2 Å². The Morgan fingerprint density at radius 2 is 0.868 bits per heavy atom. The second kappa shape index (κ2) is 10.1. The van der Waals surface area contributed by atoms with Crippen molar-refractivity contribution in [2.24, 2.45) is 0 Å². The lowest BCUT2D eigenvalue weighted by molar-refractivity contribution is 1.14. The molecule has 182 valence electrons. The van der Waals surface area contributed by atoms with E-state index in [1.54, 1.807) is 0 Å². The highest BCUT2D eigenvalue weighted by molar-refractivity contribution is 5.71. The van der Waals surface area contributed by atoms with Crippen LogP contribution < -0.4 is 0 Å². The van der Waals surface area contributed by atoms with Crippen molar-refractivity contribution in [3.05, 3.63) is 121 Å². The molecule has 0 atom stereocenters. The summed E-state index contributed by atoms with van der Waals surface area (Å²) in [6, 6.07) is 31.7. The molecule has 0 aliphatic heterocycles. The zero-order chi connectivity index (χ0) is 25.9. The van der Waals surface area contributed by atoms with Crippen molar-refractivity contribution in [2.45, 2.75) is 13.8 Å². The van der Waals surface area contributed by atoms with Crippen LogP contribution in [-0.4, -0.2) is 29.9 Å². The number of rotatable bonds is 5. The average molecular weight is 493 g/mol. The summed E-state index contributed by atoms with van der Waals surface area (Å²) < 4.78 is 0.